The summed E-state index contributed by atoms with van der Waals surface area (Å²) < 4.78 is 10.3. The molecule has 0 radical (unpaired) electrons. The Morgan fingerprint density at radius 2 is 2.16 bits per heavy atom. The minimum Gasteiger partial charge on any atom is -0.382 e. The molecule has 0 aromatic rings. The van der Waals surface area contributed by atoms with E-state index in [4.69, 9.17) is 9.47 Å². The van der Waals surface area contributed by atoms with Crippen LogP contribution >= 0.6 is 0 Å². The highest BCUT2D eigenvalue weighted by molar-refractivity contribution is 5.80. The molecule has 0 aromatic heterocycles. The van der Waals surface area contributed by atoms with Gasteiger partial charge in [0, 0.05) is 33.4 Å². The van der Waals surface area contributed by atoms with Gasteiger partial charge in [-0.2, -0.15) is 0 Å². The average molecular weight is 271 g/mol. The standard InChI is InChI=1S/C14H29N3O2/c1-4-6-12-11-13(12)17-14(15-2)16-7-5-8-19-10-9-18-3/h12-13H,4-11H2,1-3H3,(H2,15,16,17). The van der Waals surface area contributed by atoms with Crippen LogP contribution in [0.15, 0.2) is 4.99 Å². The highest BCUT2D eigenvalue weighted by Crippen LogP contribution is 2.34. The van der Waals surface area contributed by atoms with Gasteiger partial charge in [-0.1, -0.05) is 13.3 Å². The summed E-state index contributed by atoms with van der Waals surface area (Å²) in [4.78, 5) is 4.24. The second kappa shape index (κ2) is 10.0. The summed E-state index contributed by atoms with van der Waals surface area (Å²) >= 11 is 0. The lowest BCUT2D eigenvalue weighted by Crippen LogP contribution is -2.39. The van der Waals surface area contributed by atoms with Crippen LogP contribution in [0.2, 0.25) is 0 Å². The summed E-state index contributed by atoms with van der Waals surface area (Å²) in [6, 6.07) is 0.629. The number of ether oxygens (including phenoxy) is 2. The Hall–Kier alpha value is -0.810. The Morgan fingerprint density at radius 3 is 2.84 bits per heavy atom. The Labute approximate surface area is 117 Å². The second-order valence-electron chi connectivity index (χ2n) is 4.99. The van der Waals surface area contributed by atoms with E-state index < -0.39 is 0 Å². The Kier molecular flexibility index (Phi) is 8.58. The lowest BCUT2D eigenvalue weighted by atomic mass is 10.2. The van der Waals surface area contributed by atoms with E-state index in [-0.39, 0.29) is 0 Å². The first-order valence-corrected chi connectivity index (χ1v) is 7.35. The van der Waals surface area contributed by atoms with Crippen LogP contribution in [-0.2, 0) is 9.47 Å². The third-order valence-electron chi connectivity index (χ3n) is 3.32. The number of hydrogen-bond donors (Lipinski definition) is 2. The van der Waals surface area contributed by atoms with Gasteiger partial charge in [0.1, 0.15) is 0 Å². The Morgan fingerprint density at radius 1 is 1.32 bits per heavy atom. The fraction of sp³-hybridized carbons (Fsp3) is 0.929. The van der Waals surface area contributed by atoms with Crippen LogP contribution in [0, 0.1) is 5.92 Å². The van der Waals surface area contributed by atoms with Gasteiger partial charge in [-0.25, -0.2) is 0 Å². The van der Waals surface area contributed by atoms with Crippen LogP contribution in [0.4, 0.5) is 0 Å². The largest absolute Gasteiger partial charge is 0.382 e. The van der Waals surface area contributed by atoms with Crippen molar-refractivity contribution in [3.63, 3.8) is 0 Å². The zero-order valence-corrected chi connectivity index (χ0v) is 12.6. The van der Waals surface area contributed by atoms with Gasteiger partial charge in [0.2, 0.25) is 0 Å². The van der Waals surface area contributed by atoms with Crippen molar-refractivity contribution in [2.75, 3.05) is 40.5 Å². The molecule has 2 atom stereocenters. The van der Waals surface area contributed by atoms with Crippen molar-refractivity contribution in [2.24, 2.45) is 10.9 Å². The van der Waals surface area contributed by atoms with Crippen LogP contribution in [-0.4, -0.2) is 52.5 Å². The zero-order valence-electron chi connectivity index (χ0n) is 12.6. The molecule has 2 N–H and O–H groups in total. The van der Waals surface area contributed by atoms with Crippen molar-refractivity contribution in [2.45, 2.75) is 38.6 Å². The summed E-state index contributed by atoms with van der Waals surface area (Å²) in [7, 11) is 3.51. The normalized spacial score (nSPS) is 22.4. The number of nitrogens with one attached hydrogen (secondary N) is 2. The van der Waals surface area contributed by atoms with Gasteiger partial charge in [0.25, 0.3) is 0 Å². The molecule has 0 spiro atoms. The van der Waals surface area contributed by atoms with Crippen molar-refractivity contribution in [3.05, 3.63) is 0 Å². The molecule has 0 heterocycles. The number of nitrogens with zero attached hydrogens (tertiary/aromatic N) is 1. The summed E-state index contributed by atoms with van der Waals surface area (Å²) in [5.74, 6) is 1.77. The first kappa shape index (κ1) is 16.2. The predicted octanol–water partition coefficient (Wildman–Crippen LogP) is 1.39. The number of rotatable bonds is 10. The molecule has 0 bridgehead atoms. The van der Waals surface area contributed by atoms with Crippen LogP contribution < -0.4 is 10.6 Å². The smallest absolute Gasteiger partial charge is 0.191 e. The highest BCUT2D eigenvalue weighted by atomic mass is 16.5. The molecule has 1 aliphatic rings. The summed E-state index contributed by atoms with van der Waals surface area (Å²) in [5, 5.41) is 6.79. The Bertz CT molecular complexity index is 259. The second-order valence-corrected chi connectivity index (χ2v) is 4.99. The topological polar surface area (TPSA) is 54.9 Å². The molecule has 0 amide bonds. The number of aliphatic imine (C=N–C) groups is 1. The molecular formula is C14H29N3O2. The molecule has 1 saturated carbocycles. The summed E-state index contributed by atoms with van der Waals surface area (Å²) in [6.45, 7) is 5.22. The maximum absolute atomic E-state index is 5.41. The minimum absolute atomic E-state index is 0.629. The Balaban J connectivity index is 1.98. The van der Waals surface area contributed by atoms with E-state index in [2.05, 4.69) is 22.5 Å². The average Bonchev–Trinajstić information content (AvgIpc) is 3.14. The maximum Gasteiger partial charge on any atom is 0.191 e. The molecule has 1 aliphatic carbocycles. The molecular weight excluding hydrogens is 242 g/mol. The van der Waals surface area contributed by atoms with Crippen molar-refractivity contribution in [1.82, 2.24) is 10.6 Å². The van der Waals surface area contributed by atoms with Gasteiger partial charge < -0.3 is 20.1 Å². The third kappa shape index (κ3) is 7.38. The first-order chi connectivity index (χ1) is 9.31. The van der Waals surface area contributed by atoms with Crippen molar-refractivity contribution in [1.29, 1.82) is 0 Å². The monoisotopic (exact) mass is 271 g/mol. The summed E-state index contributed by atoms with van der Waals surface area (Å²) in [6.07, 6.45) is 4.86. The molecule has 1 fully saturated rings. The van der Waals surface area contributed by atoms with E-state index >= 15 is 0 Å². The van der Waals surface area contributed by atoms with Crippen LogP contribution in [0.25, 0.3) is 0 Å². The molecule has 5 heteroatoms. The molecule has 2 unspecified atom stereocenters. The predicted molar refractivity (Wildman–Crippen MR) is 78.6 cm³/mol. The van der Waals surface area contributed by atoms with Crippen LogP contribution in [0.5, 0.6) is 0 Å². The van der Waals surface area contributed by atoms with Gasteiger partial charge in [0.15, 0.2) is 5.96 Å². The lowest BCUT2D eigenvalue weighted by Gasteiger charge is -2.11. The van der Waals surface area contributed by atoms with E-state index in [1.54, 1.807) is 7.11 Å². The van der Waals surface area contributed by atoms with E-state index in [9.17, 15) is 0 Å². The molecule has 5 nitrogen and oxygen atoms in total. The quantitative estimate of drug-likeness (QED) is 0.358. The minimum atomic E-state index is 0.629. The molecule has 112 valence electrons. The molecule has 0 saturated heterocycles. The van der Waals surface area contributed by atoms with Crippen molar-refractivity contribution < 1.29 is 9.47 Å². The van der Waals surface area contributed by atoms with Gasteiger partial charge in [-0.15, -0.1) is 0 Å². The zero-order chi connectivity index (χ0) is 13.9. The fourth-order valence-corrected chi connectivity index (χ4v) is 2.11. The van der Waals surface area contributed by atoms with Gasteiger partial charge in [-0.3, -0.25) is 4.99 Å². The van der Waals surface area contributed by atoms with Gasteiger partial charge in [0.05, 0.1) is 13.2 Å². The highest BCUT2D eigenvalue weighted by Gasteiger charge is 2.36. The van der Waals surface area contributed by atoms with Crippen molar-refractivity contribution in [3.8, 4) is 0 Å². The van der Waals surface area contributed by atoms with Crippen LogP contribution in [0.3, 0.4) is 0 Å². The molecule has 19 heavy (non-hydrogen) atoms. The van der Waals surface area contributed by atoms with E-state index in [1.165, 1.54) is 19.3 Å². The van der Waals surface area contributed by atoms with E-state index in [0.717, 1.165) is 31.4 Å². The van der Waals surface area contributed by atoms with Crippen molar-refractivity contribution >= 4 is 5.96 Å². The SMILES string of the molecule is CCCC1CC1NC(=NC)NCCCOCCOC. The molecule has 1 rings (SSSR count). The maximum atomic E-state index is 5.41. The first-order valence-electron chi connectivity index (χ1n) is 7.35. The third-order valence-corrected chi connectivity index (χ3v) is 3.32. The number of guanidine groups is 1. The van der Waals surface area contributed by atoms with E-state index in [0.29, 0.717) is 19.3 Å². The lowest BCUT2D eigenvalue weighted by molar-refractivity contribution is 0.0698. The molecule has 0 aliphatic heterocycles. The van der Waals surface area contributed by atoms with Crippen LogP contribution in [0.1, 0.15) is 32.6 Å². The van der Waals surface area contributed by atoms with Gasteiger partial charge >= 0.3 is 0 Å². The van der Waals surface area contributed by atoms with Gasteiger partial charge in [-0.05, 0) is 25.2 Å². The summed E-state index contributed by atoms with van der Waals surface area (Å²) in [5.41, 5.74) is 0. The molecule has 0 aromatic carbocycles. The fourth-order valence-electron chi connectivity index (χ4n) is 2.11. The number of hydrogen-bond acceptors (Lipinski definition) is 3. The van der Waals surface area contributed by atoms with E-state index in [1.807, 2.05) is 7.05 Å². The number of methoxy groups -OCH3 is 1.